The second-order valence-corrected chi connectivity index (χ2v) is 7.22. The molecule has 12 heteroatoms. The first-order valence-corrected chi connectivity index (χ1v) is 10.3. The zero-order valence-electron chi connectivity index (χ0n) is 15.5. The average molecular weight is 414 g/mol. The van der Waals surface area contributed by atoms with E-state index in [-0.39, 0.29) is 5.82 Å². The lowest BCUT2D eigenvalue weighted by atomic mass is 10.1. The highest BCUT2D eigenvalue weighted by Crippen LogP contribution is 2.38. The molecule has 0 bridgehead atoms. The highest BCUT2D eigenvalue weighted by atomic mass is 31.1. The van der Waals surface area contributed by atoms with Gasteiger partial charge in [0.1, 0.15) is 24.1 Å². The monoisotopic (exact) mass is 414 g/mol. The molecule has 0 aliphatic carbocycles. The van der Waals surface area contributed by atoms with Gasteiger partial charge in [0, 0.05) is 11.2 Å². The molecule has 3 rings (SSSR count). The van der Waals surface area contributed by atoms with Crippen LogP contribution >= 0.6 is 8.25 Å². The molecule has 1 fully saturated rings. The molecule has 0 radical (unpaired) electrons. The van der Waals surface area contributed by atoms with Gasteiger partial charge in [-0.15, -0.1) is 9.42 Å². The minimum absolute atomic E-state index is 0.226. The third-order valence-corrected chi connectivity index (χ3v) is 5.07. The standard InChI is InChI=1S/C16H24N5O6P/c1-2-3-4-5-6-25-13-12(27-28(23)24)10(7-22)26-16(13)21-9-20-11-14(17)18-8-19-15(11)21/h8-10,12-13,16,22H,2-7H2,1H3,(H2-,17,18,19,23,24)/p+1/t10-,12?,13+,16-/m1/s1. The molecule has 1 aliphatic rings. The number of ether oxygens (including phenoxy) is 2. The van der Waals surface area contributed by atoms with Gasteiger partial charge in [0.15, 0.2) is 23.8 Å². The van der Waals surface area contributed by atoms with E-state index >= 15 is 0 Å². The minimum Gasteiger partial charge on any atom is -0.394 e. The summed E-state index contributed by atoms with van der Waals surface area (Å²) in [5.41, 5.74) is 6.68. The summed E-state index contributed by atoms with van der Waals surface area (Å²) in [6, 6.07) is 0. The van der Waals surface area contributed by atoms with Gasteiger partial charge in [0.05, 0.1) is 12.9 Å². The number of fused-ring (bicyclic) bond motifs is 1. The molecule has 11 nitrogen and oxygen atoms in total. The third-order valence-electron chi connectivity index (χ3n) is 4.65. The lowest BCUT2D eigenvalue weighted by Gasteiger charge is -2.22. The molecule has 3 heterocycles. The summed E-state index contributed by atoms with van der Waals surface area (Å²) < 4.78 is 29.9. The number of anilines is 1. The van der Waals surface area contributed by atoms with E-state index in [0.717, 1.165) is 25.7 Å². The fraction of sp³-hybridized carbons (Fsp3) is 0.688. The Morgan fingerprint density at radius 1 is 1.29 bits per heavy atom. The van der Waals surface area contributed by atoms with E-state index in [0.29, 0.717) is 17.8 Å². The normalized spacial score (nSPS) is 25.5. The van der Waals surface area contributed by atoms with Crippen LogP contribution < -0.4 is 5.73 Å². The summed E-state index contributed by atoms with van der Waals surface area (Å²) in [6.45, 7) is 2.14. The molecule has 4 N–H and O–H groups in total. The number of aliphatic hydroxyl groups is 1. The lowest BCUT2D eigenvalue weighted by Crippen LogP contribution is -2.37. The zero-order valence-corrected chi connectivity index (χ0v) is 16.4. The van der Waals surface area contributed by atoms with Crippen LogP contribution in [0, 0.1) is 0 Å². The van der Waals surface area contributed by atoms with Crippen LogP contribution in [0.15, 0.2) is 12.7 Å². The largest absolute Gasteiger partial charge is 0.695 e. The fourth-order valence-electron chi connectivity index (χ4n) is 3.29. The van der Waals surface area contributed by atoms with Gasteiger partial charge in [0.25, 0.3) is 0 Å². The van der Waals surface area contributed by atoms with Crippen LogP contribution in [0.3, 0.4) is 0 Å². The molecule has 1 saturated heterocycles. The van der Waals surface area contributed by atoms with Crippen LogP contribution in [-0.2, 0) is 18.6 Å². The van der Waals surface area contributed by atoms with Crippen LogP contribution in [0.2, 0.25) is 0 Å². The van der Waals surface area contributed by atoms with Gasteiger partial charge in [-0.3, -0.25) is 4.57 Å². The van der Waals surface area contributed by atoms with Crippen molar-refractivity contribution in [1.29, 1.82) is 0 Å². The number of nitrogens with two attached hydrogens (primary N) is 1. The SMILES string of the molecule is CCCCCCO[C@H]1C(O[P+](=O)O)[C@@H](CO)O[C@H]1n1cnc2c(N)ncnc21. The predicted molar refractivity (Wildman–Crippen MR) is 99.3 cm³/mol. The van der Waals surface area contributed by atoms with Gasteiger partial charge in [0.2, 0.25) is 0 Å². The smallest absolute Gasteiger partial charge is 0.394 e. The van der Waals surface area contributed by atoms with E-state index in [1.165, 1.54) is 12.7 Å². The van der Waals surface area contributed by atoms with Gasteiger partial charge in [-0.25, -0.2) is 15.0 Å². The van der Waals surface area contributed by atoms with Crippen molar-refractivity contribution in [3.8, 4) is 0 Å². The van der Waals surface area contributed by atoms with Crippen molar-refractivity contribution in [3.05, 3.63) is 12.7 Å². The summed E-state index contributed by atoms with van der Waals surface area (Å²) in [6.07, 6.45) is 3.57. The number of nitrogen functional groups attached to an aromatic ring is 1. The third kappa shape index (κ3) is 4.45. The molecule has 2 aromatic heterocycles. The maximum absolute atomic E-state index is 11.3. The first-order valence-electron chi connectivity index (χ1n) is 9.20. The van der Waals surface area contributed by atoms with Crippen LogP contribution in [0.5, 0.6) is 0 Å². The van der Waals surface area contributed by atoms with Gasteiger partial charge in [-0.05, 0) is 6.42 Å². The number of hydrogen-bond donors (Lipinski definition) is 3. The Balaban J connectivity index is 1.87. The zero-order chi connectivity index (χ0) is 20.1. The molecule has 0 aromatic carbocycles. The van der Waals surface area contributed by atoms with Crippen molar-refractivity contribution >= 4 is 25.2 Å². The Kier molecular flexibility index (Phi) is 7.22. The molecule has 154 valence electrons. The Morgan fingerprint density at radius 3 is 2.82 bits per heavy atom. The Morgan fingerprint density at radius 2 is 2.11 bits per heavy atom. The Bertz CT molecular complexity index is 805. The van der Waals surface area contributed by atoms with Crippen LogP contribution in [-0.4, -0.2) is 61.0 Å². The molecule has 5 atom stereocenters. The fourth-order valence-corrected chi connectivity index (χ4v) is 3.76. The first-order chi connectivity index (χ1) is 13.6. The molecule has 0 saturated carbocycles. The van der Waals surface area contributed by atoms with E-state index < -0.39 is 39.4 Å². The quantitative estimate of drug-likeness (QED) is 0.383. The Labute approximate surface area is 162 Å². The van der Waals surface area contributed by atoms with Crippen molar-refractivity contribution in [2.45, 2.75) is 57.1 Å². The van der Waals surface area contributed by atoms with Crippen molar-refractivity contribution in [3.63, 3.8) is 0 Å². The average Bonchev–Trinajstić information content (AvgIpc) is 3.24. The maximum atomic E-state index is 11.3. The van der Waals surface area contributed by atoms with Gasteiger partial charge in [-0.1, -0.05) is 26.2 Å². The highest BCUT2D eigenvalue weighted by molar-refractivity contribution is 7.32. The summed E-state index contributed by atoms with van der Waals surface area (Å²) in [5, 5.41) is 9.67. The van der Waals surface area contributed by atoms with Gasteiger partial charge < -0.3 is 20.3 Å². The summed E-state index contributed by atoms with van der Waals surface area (Å²) in [5.74, 6) is 0.226. The molecule has 28 heavy (non-hydrogen) atoms. The maximum Gasteiger partial charge on any atom is 0.695 e. The molecule has 2 unspecified atom stereocenters. The van der Waals surface area contributed by atoms with Crippen LogP contribution in [0.1, 0.15) is 38.8 Å². The number of unbranched alkanes of at least 4 members (excludes halogenated alkanes) is 3. The number of aliphatic hydroxyl groups excluding tert-OH is 1. The molecular weight excluding hydrogens is 389 g/mol. The molecular formula is C16H25N5O6P+. The van der Waals surface area contributed by atoms with E-state index in [2.05, 4.69) is 21.9 Å². The predicted octanol–water partition coefficient (Wildman–Crippen LogP) is 1.30. The molecule has 2 aromatic rings. The van der Waals surface area contributed by atoms with E-state index in [1.807, 2.05) is 0 Å². The minimum atomic E-state index is -2.90. The van der Waals surface area contributed by atoms with Crippen molar-refractivity contribution in [2.75, 3.05) is 18.9 Å². The number of aromatic nitrogens is 4. The number of nitrogens with zero attached hydrogens (tertiary/aromatic N) is 4. The highest BCUT2D eigenvalue weighted by Gasteiger charge is 2.51. The van der Waals surface area contributed by atoms with E-state index in [1.54, 1.807) is 4.57 Å². The lowest BCUT2D eigenvalue weighted by molar-refractivity contribution is -0.0705. The summed E-state index contributed by atoms with van der Waals surface area (Å²) in [4.78, 5) is 21.6. The Hall–Kier alpha value is -1.75. The second kappa shape index (κ2) is 9.64. The van der Waals surface area contributed by atoms with Gasteiger partial charge in [-0.2, -0.15) is 0 Å². The second-order valence-electron chi connectivity index (χ2n) is 6.53. The van der Waals surface area contributed by atoms with E-state index in [9.17, 15) is 14.6 Å². The van der Waals surface area contributed by atoms with Crippen molar-refractivity contribution < 1.29 is 28.6 Å². The van der Waals surface area contributed by atoms with Crippen LogP contribution in [0.4, 0.5) is 5.82 Å². The number of imidazole rings is 1. The van der Waals surface area contributed by atoms with Gasteiger partial charge >= 0.3 is 8.25 Å². The number of rotatable bonds is 10. The topological polar surface area (TPSA) is 155 Å². The van der Waals surface area contributed by atoms with E-state index in [4.69, 9.17) is 19.7 Å². The van der Waals surface area contributed by atoms with Crippen LogP contribution in [0.25, 0.3) is 11.2 Å². The number of hydrogen-bond acceptors (Lipinski definition) is 9. The summed E-state index contributed by atoms with van der Waals surface area (Å²) in [7, 11) is -2.90. The van der Waals surface area contributed by atoms with Crippen molar-refractivity contribution in [1.82, 2.24) is 19.5 Å². The molecule has 0 spiro atoms. The first kappa shape index (κ1) is 21.0. The molecule has 1 aliphatic heterocycles. The van der Waals surface area contributed by atoms with Crippen molar-refractivity contribution in [2.24, 2.45) is 0 Å². The summed E-state index contributed by atoms with van der Waals surface area (Å²) >= 11 is 0. The molecule has 0 amide bonds.